The van der Waals surface area contributed by atoms with Gasteiger partial charge in [0, 0.05) is 10.9 Å². The van der Waals surface area contributed by atoms with Gasteiger partial charge in [-0.1, -0.05) is 31.0 Å². The number of benzene rings is 1. The lowest BCUT2D eigenvalue weighted by molar-refractivity contribution is -0.126. The average molecular weight is 439 g/mol. The monoisotopic (exact) mass is 438 g/mol. The van der Waals surface area contributed by atoms with Gasteiger partial charge in [-0.15, -0.1) is 11.3 Å². The largest absolute Gasteiger partial charge is 0.497 e. The van der Waals surface area contributed by atoms with E-state index in [9.17, 15) is 9.59 Å². The van der Waals surface area contributed by atoms with Gasteiger partial charge in [-0.05, 0) is 54.1 Å². The number of carbonyl (C=O) groups excluding carboxylic acids is 2. The summed E-state index contributed by atoms with van der Waals surface area (Å²) in [6.07, 6.45) is 5.62. The number of nitrogens with zero attached hydrogens (tertiary/aromatic N) is 1. The van der Waals surface area contributed by atoms with Crippen LogP contribution in [0.2, 0.25) is 0 Å². The van der Waals surface area contributed by atoms with E-state index in [1.54, 1.807) is 35.5 Å². The Balaban J connectivity index is 1.73. The lowest BCUT2D eigenvalue weighted by Crippen LogP contribution is -2.45. The van der Waals surface area contributed by atoms with Crippen molar-refractivity contribution in [3.05, 3.63) is 76.4 Å². The highest BCUT2D eigenvalue weighted by molar-refractivity contribution is 7.09. The normalized spacial score (nSPS) is 14.9. The van der Waals surface area contributed by atoms with Crippen molar-refractivity contribution in [3.63, 3.8) is 0 Å². The molecule has 0 unspecified atom stereocenters. The number of thiophene rings is 1. The van der Waals surface area contributed by atoms with Crippen LogP contribution in [0.4, 0.5) is 0 Å². The zero-order chi connectivity index (χ0) is 21.6. The third-order valence-corrected chi connectivity index (χ3v) is 6.43. The van der Waals surface area contributed by atoms with E-state index in [-0.39, 0.29) is 23.6 Å². The fourth-order valence-corrected chi connectivity index (χ4v) is 4.73. The Hall–Kier alpha value is -3.06. The van der Waals surface area contributed by atoms with Crippen molar-refractivity contribution in [2.45, 2.75) is 44.3 Å². The van der Waals surface area contributed by atoms with Gasteiger partial charge in [-0.3, -0.25) is 9.59 Å². The summed E-state index contributed by atoms with van der Waals surface area (Å²) in [4.78, 5) is 29.6. The molecule has 6 nitrogen and oxygen atoms in total. The molecule has 0 bridgehead atoms. The predicted octanol–water partition coefficient (Wildman–Crippen LogP) is 4.79. The Kier molecular flexibility index (Phi) is 6.72. The van der Waals surface area contributed by atoms with Gasteiger partial charge in [-0.2, -0.15) is 0 Å². The first-order valence-electron chi connectivity index (χ1n) is 10.5. The van der Waals surface area contributed by atoms with Gasteiger partial charge in [0.15, 0.2) is 5.76 Å². The number of rotatable bonds is 8. The fraction of sp³-hybridized carbons (Fsp3) is 0.333. The molecular weight excluding hydrogens is 412 g/mol. The molecule has 4 rings (SSSR count). The number of hydrogen-bond donors (Lipinski definition) is 1. The number of methoxy groups -OCH3 is 1. The van der Waals surface area contributed by atoms with Gasteiger partial charge in [0.05, 0.1) is 19.9 Å². The van der Waals surface area contributed by atoms with Crippen molar-refractivity contribution in [1.82, 2.24) is 10.2 Å². The van der Waals surface area contributed by atoms with Crippen LogP contribution in [-0.4, -0.2) is 29.9 Å². The molecule has 1 aliphatic carbocycles. The maximum atomic E-state index is 13.6. The van der Waals surface area contributed by atoms with Crippen LogP contribution >= 0.6 is 11.3 Å². The maximum Gasteiger partial charge on any atom is 0.290 e. The van der Waals surface area contributed by atoms with E-state index in [4.69, 9.17) is 9.15 Å². The molecule has 31 heavy (non-hydrogen) atoms. The smallest absolute Gasteiger partial charge is 0.290 e. The molecule has 2 amide bonds. The second-order valence-electron chi connectivity index (χ2n) is 7.66. The zero-order valence-corrected chi connectivity index (χ0v) is 18.3. The van der Waals surface area contributed by atoms with E-state index in [0.29, 0.717) is 17.9 Å². The highest BCUT2D eigenvalue weighted by Crippen LogP contribution is 2.30. The van der Waals surface area contributed by atoms with Crippen LogP contribution in [-0.2, 0) is 11.3 Å². The predicted molar refractivity (Wildman–Crippen MR) is 119 cm³/mol. The fourth-order valence-electron chi connectivity index (χ4n) is 4.03. The number of carbonyl (C=O) groups is 2. The number of furan rings is 1. The van der Waals surface area contributed by atoms with Gasteiger partial charge < -0.3 is 19.4 Å². The van der Waals surface area contributed by atoms with Gasteiger partial charge in [0.1, 0.15) is 11.8 Å². The minimum absolute atomic E-state index is 0.142. The van der Waals surface area contributed by atoms with E-state index in [2.05, 4.69) is 5.32 Å². The first-order chi connectivity index (χ1) is 15.2. The second-order valence-corrected chi connectivity index (χ2v) is 8.69. The zero-order valence-electron chi connectivity index (χ0n) is 17.5. The second kappa shape index (κ2) is 9.83. The Labute approximate surface area is 185 Å². The summed E-state index contributed by atoms with van der Waals surface area (Å²) in [6.45, 7) is 0.303. The van der Waals surface area contributed by atoms with Gasteiger partial charge >= 0.3 is 0 Å². The molecule has 1 aromatic carbocycles. The Morgan fingerprint density at radius 1 is 1.19 bits per heavy atom. The van der Waals surface area contributed by atoms with Crippen molar-refractivity contribution in [3.8, 4) is 5.75 Å². The van der Waals surface area contributed by atoms with Gasteiger partial charge in [0.2, 0.25) is 5.91 Å². The van der Waals surface area contributed by atoms with Gasteiger partial charge in [-0.25, -0.2) is 0 Å². The van der Waals surface area contributed by atoms with E-state index in [0.717, 1.165) is 30.6 Å². The summed E-state index contributed by atoms with van der Waals surface area (Å²) >= 11 is 1.55. The van der Waals surface area contributed by atoms with Crippen LogP contribution in [0.3, 0.4) is 0 Å². The molecule has 1 fully saturated rings. The molecule has 1 saturated carbocycles. The molecular formula is C24H26N2O4S. The van der Waals surface area contributed by atoms with Crippen LogP contribution < -0.4 is 10.1 Å². The minimum atomic E-state index is -0.810. The average Bonchev–Trinajstić information content (AvgIpc) is 3.56. The van der Waals surface area contributed by atoms with Crippen molar-refractivity contribution >= 4 is 23.2 Å². The van der Waals surface area contributed by atoms with Crippen LogP contribution in [0.5, 0.6) is 5.75 Å². The SMILES string of the molecule is COc1cccc([C@H](C(=O)NC2CCCC2)N(Cc2cccs2)C(=O)c2ccco2)c1. The van der Waals surface area contributed by atoms with Crippen molar-refractivity contribution < 1.29 is 18.7 Å². The molecule has 1 N–H and O–H groups in total. The molecule has 7 heteroatoms. The Bertz CT molecular complexity index is 995. The minimum Gasteiger partial charge on any atom is -0.497 e. The quantitative estimate of drug-likeness (QED) is 0.549. The highest BCUT2D eigenvalue weighted by atomic mass is 32.1. The van der Waals surface area contributed by atoms with Crippen LogP contribution in [0.25, 0.3) is 0 Å². The molecule has 0 spiro atoms. The van der Waals surface area contributed by atoms with Crippen molar-refractivity contribution in [2.75, 3.05) is 7.11 Å². The maximum absolute atomic E-state index is 13.6. The van der Waals surface area contributed by atoms with Crippen LogP contribution in [0.1, 0.15) is 52.7 Å². The van der Waals surface area contributed by atoms with Crippen molar-refractivity contribution in [2.24, 2.45) is 0 Å². The molecule has 2 aromatic heterocycles. The topological polar surface area (TPSA) is 71.8 Å². The van der Waals surface area contributed by atoms with E-state index < -0.39 is 6.04 Å². The van der Waals surface area contributed by atoms with E-state index >= 15 is 0 Å². The number of amides is 2. The van der Waals surface area contributed by atoms with Gasteiger partial charge in [0.25, 0.3) is 5.91 Å². The number of ether oxygens (including phenoxy) is 1. The molecule has 162 valence electrons. The lowest BCUT2D eigenvalue weighted by atomic mass is 10.0. The highest BCUT2D eigenvalue weighted by Gasteiger charge is 2.35. The Morgan fingerprint density at radius 2 is 2.03 bits per heavy atom. The molecule has 2 heterocycles. The summed E-state index contributed by atoms with van der Waals surface area (Å²) < 4.78 is 10.8. The third kappa shape index (κ3) is 4.99. The summed E-state index contributed by atoms with van der Waals surface area (Å²) in [6, 6.07) is 13.9. The molecule has 0 saturated heterocycles. The van der Waals surface area contributed by atoms with Crippen LogP contribution in [0, 0.1) is 0 Å². The summed E-state index contributed by atoms with van der Waals surface area (Å²) in [5, 5.41) is 5.14. The molecule has 1 atom stereocenters. The number of nitrogens with one attached hydrogen (secondary N) is 1. The van der Waals surface area contributed by atoms with Crippen molar-refractivity contribution in [1.29, 1.82) is 0 Å². The first-order valence-corrected chi connectivity index (χ1v) is 11.3. The Morgan fingerprint density at radius 3 is 2.71 bits per heavy atom. The lowest BCUT2D eigenvalue weighted by Gasteiger charge is -2.31. The molecule has 0 radical (unpaired) electrons. The van der Waals surface area contributed by atoms with E-state index in [1.807, 2.05) is 41.8 Å². The molecule has 1 aliphatic rings. The standard InChI is InChI=1S/C24H26N2O4S/c1-29-19-10-4-7-17(15-19)22(23(27)25-18-8-2-3-9-18)26(16-20-11-6-14-31-20)24(28)21-12-5-13-30-21/h4-7,10-15,18,22H,2-3,8-9,16H2,1H3,(H,25,27)/t22-/m1/s1. The van der Waals surface area contributed by atoms with Crippen LogP contribution in [0.15, 0.2) is 64.6 Å². The third-order valence-electron chi connectivity index (χ3n) is 5.57. The summed E-state index contributed by atoms with van der Waals surface area (Å²) in [5.74, 6) is 0.334. The molecule has 0 aliphatic heterocycles. The summed E-state index contributed by atoms with van der Waals surface area (Å²) in [7, 11) is 1.59. The van der Waals surface area contributed by atoms with E-state index in [1.165, 1.54) is 6.26 Å². The molecule has 3 aromatic rings. The number of hydrogen-bond acceptors (Lipinski definition) is 5. The summed E-state index contributed by atoms with van der Waals surface area (Å²) in [5.41, 5.74) is 0.700. The first kappa shape index (κ1) is 21.2.